The number of non-ortho nitro benzene ring substituents is 1. The van der Waals surface area contributed by atoms with Gasteiger partial charge in [0.05, 0.1) is 23.6 Å². The van der Waals surface area contributed by atoms with E-state index in [4.69, 9.17) is 4.74 Å². The maximum Gasteiger partial charge on any atom is 0.294 e. The number of hydrogen-bond acceptors (Lipinski definition) is 6. The van der Waals surface area contributed by atoms with E-state index in [2.05, 4.69) is 0 Å². The first kappa shape index (κ1) is 18.1. The monoisotopic (exact) mass is 368 g/mol. The molecule has 138 valence electrons. The van der Waals surface area contributed by atoms with Crippen LogP contribution >= 0.6 is 0 Å². The van der Waals surface area contributed by atoms with Crippen LogP contribution < -0.4 is 9.64 Å². The van der Waals surface area contributed by atoms with Gasteiger partial charge in [-0.25, -0.2) is 0 Å². The van der Waals surface area contributed by atoms with Crippen molar-refractivity contribution >= 4 is 23.1 Å². The van der Waals surface area contributed by atoms with E-state index in [9.17, 15) is 24.8 Å². The highest BCUT2D eigenvalue weighted by Gasteiger charge is 2.43. The number of ketones is 1. The molecule has 0 saturated carbocycles. The number of nitrogens with zero attached hydrogens (tertiary/aromatic N) is 2. The molecule has 1 unspecified atom stereocenters. The zero-order valence-corrected chi connectivity index (χ0v) is 14.6. The molecule has 0 radical (unpaired) electrons. The van der Waals surface area contributed by atoms with Crippen LogP contribution in [0.1, 0.15) is 18.5 Å². The summed E-state index contributed by atoms with van der Waals surface area (Å²) in [5.41, 5.74) is 0.441. The first-order valence-electron chi connectivity index (χ1n) is 8.01. The second kappa shape index (κ2) is 6.91. The molecule has 1 aliphatic heterocycles. The second-order valence-corrected chi connectivity index (χ2v) is 5.95. The molecule has 0 aliphatic carbocycles. The van der Waals surface area contributed by atoms with Crippen molar-refractivity contribution < 1.29 is 24.4 Å². The number of anilines is 1. The molecule has 0 fully saturated rings. The molecule has 0 bridgehead atoms. The van der Waals surface area contributed by atoms with Crippen LogP contribution in [0, 0.1) is 10.1 Å². The summed E-state index contributed by atoms with van der Waals surface area (Å²) in [5.74, 6) is -1.44. The van der Waals surface area contributed by atoms with E-state index >= 15 is 0 Å². The first-order valence-corrected chi connectivity index (χ1v) is 8.01. The number of benzene rings is 2. The smallest absolute Gasteiger partial charge is 0.294 e. The summed E-state index contributed by atoms with van der Waals surface area (Å²) in [5, 5.41) is 21.4. The number of rotatable bonds is 5. The van der Waals surface area contributed by atoms with Crippen LogP contribution in [0.25, 0.3) is 0 Å². The number of Topliss-reactive ketones (excluding diaryl/α,β-unsaturated/α-hetero) is 1. The maximum absolute atomic E-state index is 12.7. The van der Waals surface area contributed by atoms with E-state index in [1.165, 1.54) is 37.1 Å². The lowest BCUT2D eigenvalue weighted by Crippen LogP contribution is -2.30. The number of carbonyl (C=O) groups excluding carboxylic acids is 2. The van der Waals surface area contributed by atoms with E-state index < -0.39 is 28.4 Å². The Hall–Kier alpha value is -3.68. The highest BCUT2D eigenvalue weighted by molar-refractivity contribution is 6.16. The molecular formula is C19H16N2O6. The first-order chi connectivity index (χ1) is 12.8. The van der Waals surface area contributed by atoms with Gasteiger partial charge in [-0.15, -0.1) is 0 Å². The molecule has 0 spiro atoms. The summed E-state index contributed by atoms with van der Waals surface area (Å²) in [6.07, 6.45) is 0. The van der Waals surface area contributed by atoms with E-state index in [-0.39, 0.29) is 11.3 Å². The fourth-order valence-electron chi connectivity index (χ4n) is 3.12. The second-order valence-electron chi connectivity index (χ2n) is 5.95. The fourth-order valence-corrected chi connectivity index (χ4v) is 3.12. The minimum Gasteiger partial charge on any atom is -0.503 e. The summed E-state index contributed by atoms with van der Waals surface area (Å²) in [6, 6.07) is 11.2. The van der Waals surface area contributed by atoms with Crippen molar-refractivity contribution in [2.45, 2.75) is 13.0 Å². The number of amides is 1. The van der Waals surface area contributed by atoms with E-state index in [0.717, 1.165) is 0 Å². The lowest BCUT2D eigenvalue weighted by atomic mass is 9.96. The molecule has 0 saturated heterocycles. The maximum atomic E-state index is 12.7. The number of ether oxygens (including phenoxy) is 1. The summed E-state index contributed by atoms with van der Waals surface area (Å²) in [6.45, 7) is 1.23. The van der Waals surface area contributed by atoms with Gasteiger partial charge in [-0.05, 0) is 24.6 Å². The van der Waals surface area contributed by atoms with E-state index in [1.807, 2.05) is 0 Å². The molecule has 1 amide bonds. The van der Waals surface area contributed by atoms with Crippen molar-refractivity contribution in [3.05, 3.63) is 75.5 Å². The van der Waals surface area contributed by atoms with Crippen molar-refractivity contribution in [3.8, 4) is 5.75 Å². The van der Waals surface area contributed by atoms with Gasteiger partial charge in [0.1, 0.15) is 5.75 Å². The van der Waals surface area contributed by atoms with Gasteiger partial charge in [0, 0.05) is 23.9 Å². The average molecular weight is 368 g/mol. The zero-order valence-electron chi connectivity index (χ0n) is 14.6. The van der Waals surface area contributed by atoms with Gasteiger partial charge in [-0.3, -0.25) is 24.6 Å². The van der Waals surface area contributed by atoms with Crippen molar-refractivity contribution in [1.29, 1.82) is 0 Å². The molecule has 2 aromatic carbocycles. The highest BCUT2D eigenvalue weighted by Crippen LogP contribution is 2.42. The minimum atomic E-state index is -0.984. The Kier molecular flexibility index (Phi) is 4.64. The predicted octanol–water partition coefficient (Wildman–Crippen LogP) is 3.09. The molecule has 1 aliphatic rings. The van der Waals surface area contributed by atoms with Crippen LogP contribution in [-0.2, 0) is 9.59 Å². The van der Waals surface area contributed by atoms with E-state index in [1.54, 1.807) is 30.3 Å². The summed E-state index contributed by atoms with van der Waals surface area (Å²) in [7, 11) is 1.47. The van der Waals surface area contributed by atoms with E-state index in [0.29, 0.717) is 17.0 Å². The summed E-state index contributed by atoms with van der Waals surface area (Å²) in [4.78, 5) is 36.7. The quantitative estimate of drug-likeness (QED) is 0.641. The third-order valence-electron chi connectivity index (χ3n) is 4.32. The lowest BCUT2D eigenvalue weighted by Gasteiger charge is -2.26. The molecule has 3 rings (SSSR count). The highest BCUT2D eigenvalue weighted by atomic mass is 16.6. The van der Waals surface area contributed by atoms with Gasteiger partial charge >= 0.3 is 0 Å². The number of methoxy groups -OCH3 is 1. The number of hydrogen-bond donors (Lipinski definition) is 1. The Balaban J connectivity index is 2.20. The van der Waals surface area contributed by atoms with Crippen LogP contribution in [0.5, 0.6) is 5.75 Å². The molecule has 8 heteroatoms. The summed E-state index contributed by atoms with van der Waals surface area (Å²) < 4.78 is 5.17. The van der Waals surface area contributed by atoms with Crippen LogP contribution in [0.3, 0.4) is 0 Å². The molecular weight excluding hydrogens is 352 g/mol. The van der Waals surface area contributed by atoms with Crippen LogP contribution in [0.2, 0.25) is 0 Å². The third kappa shape index (κ3) is 3.12. The van der Waals surface area contributed by atoms with Gasteiger partial charge in [-0.1, -0.05) is 18.2 Å². The molecule has 2 aromatic rings. The van der Waals surface area contributed by atoms with Crippen molar-refractivity contribution in [3.63, 3.8) is 0 Å². The zero-order chi connectivity index (χ0) is 19.7. The van der Waals surface area contributed by atoms with Gasteiger partial charge < -0.3 is 9.84 Å². The number of nitro benzene ring substituents is 1. The standard InChI is InChI=1S/C19H16N2O6/c1-11(22)16-17(12-5-3-7-14(9-12)21(25)26)20(19(24)18(16)23)13-6-4-8-15(10-13)27-2/h3-10,17,23H,1-2H3. The number of carbonyl (C=O) groups is 2. The topological polar surface area (TPSA) is 110 Å². The van der Waals surface area contributed by atoms with Crippen LogP contribution in [0.15, 0.2) is 59.9 Å². The normalized spacial score (nSPS) is 16.6. The third-order valence-corrected chi connectivity index (χ3v) is 4.32. The van der Waals surface area contributed by atoms with Crippen molar-refractivity contribution in [2.75, 3.05) is 12.0 Å². The lowest BCUT2D eigenvalue weighted by molar-refractivity contribution is -0.384. The van der Waals surface area contributed by atoms with Gasteiger partial charge in [0.2, 0.25) is 0 Å². The average Bonchev–Trinajstić information content (AvgIpc) is 2.93. The Morgan fingerprint density at radius 3 is 2.56 bits per heavy atom. The molecule has 1 heterocycles. The number of aliphatic hydroxyl groups is 1. The molecule has 27 heavy (non-hydrogen) atoms. The Bertz CT molecular complexity index is 982. The van der Waals surface area contributed by atoms with Crippen molar-refractivity contribution in [1.82, 2.24) is 0 Å². The predicted molar refractivity (Wildman–Crippen MR) is 96.7 cm³/mol. The molecule has 8 nitrogen and oxygen atoms in total. The molecule has 0 aromatic heterocycles. The van der Waals surface area contributed by atoms with Crippen LogP contribution in [0.4, 0.5) is 11.4 Å². The van der Waals surface area contributed by atoms with Gasteiger partial charge in [-0.2, -0.15) is 0 Å². The Morgan fingerprint density at radius 2 is 1.93 bits per heavy atom. The Morgan fingerprint density at radius 1 is 1.22 bits per heavy atom. The Labute approximate surface area is 154 Å². The van der Waals surface area contributed by atoms with Gasteiger partial charge in [0.15, 0.2) is 11.5 Å². The largest absolute Gasteiger partial charge is 0.503 e. The minimum absolute atomic E-state index is 0.108. The number of aliphatic hydroxyl groups excluding tert-OH is 1. The van der Waals surface area contributed by atoms with Gasteiger partial charge in [0.25, 0.3) is 11.6 Å². The summed E-state index contributed by atoms with van der Waals surface area (Å²) >= 11 is 0. The van der Waals surface area contributed by atoms with Crippen molar-refractivity contribution in [2.24, 2.45) is 0 Å². The molecule has 1 atom stereocenters. The number of nitro groups is 1. The van der Waals surface area contributed by atoms with Crippen LogP contribution in [-0.4, -0.2) is 28.8 Å². The SMILES string of the molecule is COc1cccc(N2C(=O)C(O)=C(C(C)=O)C2c2cccc([N+](=O)[O-])c2)c1. The fraction of sp³-hybridized carbons (Fsp3) is 0.158. The molecule has 1 N–H and O–H groups in total.